The summed E-state index contributed by atoms with van der Waals surface area (Å²) in [6.45, 7) is 1.14. The van der Waals surface area contributed by atoms with E-state index in [4.69, 9.17) is 5.73 Å². The van der Waals surface area contributed by atoms with Gasteiger partial charge >= 0.3 is 6.18 Å². The third kappa shape index (κ3) is 2.56. The molecule has 5 nitrogen and oxygen atoms in total. The van der Waals surface area contributed by atoms with E-state index >= 15 is 0 Å². The molecule has 0 unspecified atom stereocenters. The summed E-state index contributed by atoms with van der Waals surface area (Å²) in [5, 5.41) is 4.02. The first-order valence-electron chi connectivity index (χ1n) is 5.75. The predicted molar refractivity (Wildman–Crippen MR) is 64.8 cm³/mol. The first kappa shape index (κ1) is 13.4. The van der Waals surface area contributed by atoms with E-state index in [1.165, 1.54) is 10.7 Å². The van der Waals surface area contributed by atoms with Gasteiger partial charge in [-0.3, -0.25) is 9.48 Å². The molecule has 2 aromatic heterocycles. The molecule has 2 heterocycles. The number of nitrogens with two attached hydrogens (primary N) is 1. The van der Waals surface area contributed by atoms with Crippen molar-refractivity contribution in [3.8, 4) is 0 Å². The summed E-state index contributed by atoms with van der Waals surface area (Å²) < 4.78 is 39.1. The molecule has 2 N–H and O–H groups in total. The molecule has 0 aliphatic carbocycles. The van der Waals surface area contributed by atoms with Crippen LogP contribution in [0.15, 0.2) is 17.1 Å². The molecule has 19 heavy (non-hydrogen) atoms. The highest BCUT2D eigenvalue weighted by Gasteiger charge is 2.29. The fraction of sp³-hybridized carbons (Fsp3) is 0.455. The molecule has 104 valence electrons. The van der Waals surface area contributed by atoms with Crippen LogP contribution in [0.5, 0.6) is 0 Å². The fourth-order valence-corrected chi connectivity index (χ4v) is 1.95. The largest absolute Gasteiger partial charge is 0.406 e. The summed E-state index contributed by atoms with van der Waals surface area (Å²) in [5.74, 6) is -0.0371. The van der Waals surface area contributed by atoms with E-state index in [0.29, 0.717) is 16.6 Å². The highest BCUT2D eigenvalue weighted by Crippen LogP contribution is 2.20. The number of hydrogen-bond donors (Lipinski definition) is 1. The van der Waals surface area contributed by atoms with Crippen LogP contribution in [0, 0.1) is 0 Å². The number of anilines is 1. The average molecular weight is 274 g/mol. The summed E-state index contributed by atoms with van der Waals surface area (Å²) in [7, 11) is 0. The molecule has 0 bridgehead atoms. The monoisotopic (exact) mass is 274 g/mol. The van der Waals surface area contributed by atoms with Crippen molar-refractivity contribution < 1.29 is 13.2 Å². The molecule has 0 amide bonds. The topological polar surface area (TPSA) is 65.8 Å². The Hall–Kier alpha value is -1.99. The summed E-state index contributed by atoms with van der Waals surface area (Å²) in [6.07, 6.45) is -2.56. The van der Waals surface area contributed by atoms with Gasteiger partial charge in [-0.05, 0) is 12.5 Å². The van der Waals surface area contributed by atoms with Gasteiger partial charge in [-0.2, -0.15) is 18.3 Å². The minimum atomic E-state index is -4.45. The first-order valence-corrected chi connectivity index (χ1v) is 5.75. The lowest BCUT2D eigenvalue weighted by atomic mass is 10.3. The molecule has 0 fully saturated rings. The zero-order valence-electron chi connectivity index (χ0n) is 10.2. The Balaban J connectivity index is 2.59. The summed E-state index contributed by atoms with van der Waals surface area (Å²) in [6, 6.07) is 1.43. The normalized spacial score (nSPS) is 12.2. The Morgan fingerprint density at radius 1 is 1.42 bits per heavy atom. The van der Waals surface area contributed by atoms with Crippen LogP contribution in [-0.4, -0.2) is 20.5 Å². The summed E-state index contributed by atoms with van der Waals surface area (Å²) in [4.78, 5) is 12.0. The van der Waals surface area contributed by atoms with Crippen molar-refractivity contribution in [3.63, 3.8) is 0 Å². The minimum absolute atomic E-state index is 0.0371. The van der Waals surface area contributed by atoms with Crippen LogP contribution in [0.25, 0.3) is 10.9 Å². The molecular weight excluding hydrogens is 261 g/mol. The van der Waals surface area contributed by atoms with Gasteiger partial charge in [0.1, 0.15) is 11.9 Å². The number of aromatic nitrogens is 3. The number of rotatable bonds is 3. The first-order chi connectivity index (χ1) is 8.83. The van der Waals surface area contributed by atoms with Gasteiger partial charge in [0.25, 0.3) is 5.56 Å². The number of fused-ring (bicyclic) bond motifs is 1. The second-order valence-corrected chi connectivity index (χ2v) is 4.23. The third-order valence-corrected chi connectivity index (χ3v) is 2.69. The molecule has 0 aromatic carbocycles. The van der Waals surface area contributed by atoms with Crippen LogP contribution in [0.4, 0.5) is 19.0 Å². The number of hydrogen-bond acceptors (Lipinski definition) is 3. The Morgan fingerprint density at radius 3 is 2.68 bits per heavy atom. The lowest BCUT2D eigenvalue weighted by molar-refractivity contribution is -0.141. The molecule has 0 saturated heterocycles. The Bertz CT molecular complexity index is 656. The molecule has 0 radical (unpaired) electrons. The second-order valence-electron chi connectivity index (χ2n) is 4.23. The van der Waals surface area contributed by atoms with Crippen molar-refractivity contribution in [1.82, 2.24) is 14.3 Å². The van der Waals surface area contributed by atoms with Gasteiger partial charge in [0.2, 0.25) is 0 Å². The van der Waals surface area contributed by atoms with Crippen molar-refractivity contribution in [3.05, 3.63) is 22.6 Å². The van der Waals surface area contributed by atoms with Crippen molar-refractivity contribution in [2.24, 2.45) is 0 Å². The van der Waals surface area contributed by atoms with E-state index in [0.717, 1.165) is 12.6 Å². The average Bonchev–Trinajstić information content (AvgIpc) is 2.59. The molecule has 0 aliphatic heterocycles. The van der Waals surface area contributed by atoms with Crippen LogP contribution in [0.3, 0.4) is 0 Å². The van der Waals surface area contributed by atoms with Gasteiger partial charge in [0.15, 0.2) is 5.82 Å². The second kappa shape index (κ2) is 4.60. The summed E-state index contributed by atoms with van der Waals surface area (Å²) in [5.41, 5.74) is 5.31. The van der Waals surface area contributed by atoms with Crippen molar-refractivity contribution in [1.29, 1.82) is 0 Å². The van der Waals surface area contributed by atoms with E-state index in [9.17, 15) is 18.0 Å². The highest BCUT2D eigenvalue weighted by molar-refractivity contribution is 5.88. The van der Waals surface area contributed by atoms with Crippen molar-refractivity contribution >= 4 is 16.7 Å². The van der Waals surface area contributed by atoms with Crippen molar-refractivity contribution in [2.75, 3.05) is 5.73 Å². The van der Waals surface area contributed by atoms with Gasteiger partial charge in [0, 0.05) is 12.7 Å². The van der Waals surface area contributed by atoms with Gasteiger partial charge in [-0.1, -0.05) is 6.92 Å². The Labute approximate surface area is 106 Å². The molecule has 2 rings (SSSR count). The quantitative estimate of drug-likeness (QED) is 0.927. The summed E-state index contributed by atoms with van der Waals surface area (Å²) >= 11 is 0. The van der Waals surface area contributed by atoms with Gasteiger partial charge in [0.05, 0.1) is 5.52 Å². The molecule has 8 heteroatoms. The van der Waals surface area contributed by atoms with Gasteiger partial charge in [-0.15, -0.1) is 0 Å². The standard InChI is InChI=1S/C11H13F3N4O/c1-2-4-18-7-3-5-17(6-11(12,13)14)10(19)8(7)9(15)16-18/h3,5H,2,4,6H2,1H3,(H2,15,16). The highest BCUT2D eigenvalue weighted by atomic mass is 19.4. The van der Waals surface area contributed by atoms with Crippen LogP contribution >= 0.6 is 0 Å². The molecule has 0 aliphatic rings. The number of halogens is 3. The van der Waals surface area contributed by atoms with Crippen LogP contribution in [0.2, 0.25) is 0 Å². The van der Waals surface area contributed by atoms with E-state index in [-0.39, 0.29) is 11.2 Å². The SMILES string of the molecule is CCCn1nc(N)c2c(=O)n(CC(F)(F)F)ccc21. The van der Waals surface area contributed by atoms with Gasteiger partial charge < -0.3 is 10.3 Å². The minimum Gasteiger partial charge on any atom is -0.382 e. The third-order valence-electron chi connectivity index (χ3n) is 2.69. The maximum Gasteiger partial charge on any atom is 0.406 e. The smallest absolute Gasteiger partial charge is 0.382 e. The number of nitrogens with zero attached hydrogens (tertiary/aromatic N) is 3. The van der Waals surface area contributed by atoms with Crippen LogP contribution in [0.1, 0.15) is 13.3 Å². The predicted octanol–water partition coefficient (Wildman–Crippen LogP) is 1.75. The maximum absolute atomic E-state index is 12.3. The van der Waals surface area contributed by atoms with Crippen molar-refractivity contribution in [2.45, 2.75) is 32.6 Å². The fourth-order valence-electron chi connectivity index (χ4n) is 1.95. The van der Waals surface area contributed by atoms with E-state index < -0.39 is 18.3 Å². The number of nitrogen functional groups attached to an aromatic ring is 1. The molecular formula is C11H13F3N4O. The van der Waals surface area contributed by atoms with E-state index in [1.807, 2.05) is 6.92 Å². The molecule has 2 aromatic rings. The van der Waals surface area contributed by atoms with E-state index in [1.54, 1.807) is 0 Å². The number of alkyl halides is 3. The lowest BCUT2D eigenvalue weighted by Crippen LogP contribution is -2.27. The Kier molecular flexibility index (Phi) is 3.25. The molecule has 0 saturated carbocycles. The van der Waals surface area contributed by atoms with Crippen LogP contribution in [-0.2, 0) is 13.1 Å². The van der Waals surface area contributed by atoms with E-state index in [2.05, 4.69) is 5.10 Å². The number of pyridine rings is 1. The maximum atomic E-state index is 12.3. The zero-order chi connectivity index (χ0) is 14.2. The zero-order valence-corrected chi connectivity index (χ0v) is 10.2. The lowest BCUT2D eigenvalue weighted by Gasteiger charge is -2.09. The molecule has 0 spiro atoms. The molecule has 0 atom stereocenters. The Morgan fingerprint density at radius 2 is 2.11 bits per heavy atom. The number of aryl methyl sites for hydroxylation is 1. The van der Waals surface area contributed by atoms with Gasteiger partial charge in [-0.25, -0.2) is 0 Å². The van der Waals surface area contributed by atoms with Crippen LogP contribution < -0.4 is 11.3 Å².